The van der Waals surface area contributed by atoms with E-state index in [4.69, 9.17) is 19.5 Å². The van der Waals surface area contributed by atoms with Gasteiger partial charge in [-0.05, 0) is 6.42 Å². The summed E-state index contributed by atoms with van der Waals surface area (Å²) in [4.78, 5) is 0. The van der Waals surface area contributed by atoms with Crippen molar-refractivity contribution in [2.24, 2.45) is 0 Å². The third-order valence-corrected chi connectivity index (χ3v) is 2.02. The summed E-state index contributed by atoms with van der Waals surface area (Å²) in [6, 6.07) is 0. The van der Waals surface area contributed by atoms with Gasteiger partial charge in [0, 0.05) is 6.61 Å². The van der Waals surface area contributed by atoms with E-state index in [-0.39, 0.29) is 56.4 Å². The number of aliphatic hydroxyl groups is 2. The van der Waals surface area contributed by atoms with Crippen molar-refractivity contribution in [1.82, 2.24) is 0 Å². The molecule has 0 saturated carbocycles. The molecule has 0 aromatic rings. The molecule has 0 spiro atoms. The molecule has 0 heterocycles. The minimum atomic E-state index is -3.92. The van der Waals surface area contributed by atoms with E-state index in [1.165, 1.54) is 0 Å². The van der Waals surface area contributed by atoms with Gasteiger partial charge in [-0.1, -0.05) is 0 Å². The van der Waals surface area contributed by atoms with E-state index in [1.54, 1.807) is 0 Å². The number of aliphatic hydroxyl groups excluding tert-OH is 2. The second kappa shape index (κ2) is 9.05. The molecule has 0 rings (SSSR count). The average Bonchev–Trinajstić information content (AvgIpc) is 2.01. The topological polar surface area (TPSA) is 104 Å². The van der Waals surface area contributed by atoms with Crippen molar-refractivity contribution in [1.29, 1.82) is 0 Å². The monoisotopic (exact) mass is 238 g/mol. The minimum Gasteiger partial charge on any atom is -1.00 e. The molecule has 0 aromatic heterocycles. The summed E-state index contributed by atoms with van der Waals surface area (Å²) in [6.07, 6.45) is -0.775. The van der Waals surface area contributed by atoms with Crippen molar-refractivity contribution in [2.45, 2.75) is 12.5 Å². The summed E-state index contributed by atoms with van der Waals surface area (Å²) in [7, 11) is -3.92. The van der Waals surface area contributed by atoms with Gasteiger partial charge < -0.3 is 16.4 Å². The van der Waals surface area contributed by atoms with E-state index < -0.39 is 22.8 Å². The second-order valence-electron chi connectivity index (χ2n) is 2.55. The SMILES string of the molecule is O=S(=O)(O)CCCOCC(O)CO.[H-].[Na+]. The van der Waals surface area contributed by atoms with Crippen LogP contribution in [0, 0.1) is 0 Å². The number of hydrogen-bond acceptors (Lipinski definition) is 5. The molecule has 0 saturated heterocycles. The van der Waals surface area contributed by atoms with Gasteiger partial charge >= 0.3 is 29.6 Å². The summed E-state index contributed by atoms with van der Waals surface area (Å²) >= 11 is 0. The molecule has 6 nitrogen and oxygen atoms in total. The number of hydrogen-bond donors (Lipinski definition) is 3. The summed E-state index contributed by atoms with van der Waals surface area (Å²) in [5.74, 6) is -0.359. The van der Waals surface area contributed by atoms with Crippen LogP contribution < -0.4 is 29.6 Å². The van der Waals surface area contributed by atoms with Gasteiger partial charge in [-0.3, -0.25) is 4.55 Å². The molecular formula is C6H15NaO6S. The molecule has 0 aliphatic carbocycles. The molecule has 8 heteroatoms. The van der Waals surface area contributed by atoms with Crippen molar-refractivity contribution in [2.75, 3.05) is 25.6 Å². The largest absolute Gasteiger partial charge is 1.00 e. The van der Waals surface area contributed by atoms with E-state index in [0.717, 1.165) is 0 Å². The Kier molecular flexibility index (Phi) is 11.1. The molecule has 14 heavy (non-hydrogen) atoms. The fraction of sp³-hybridized carbons (Fsp3) is 1.00. The van der Waals surface area contributed by atoms with Gasteiger partial charge in [0.15, 0.2) is 0 Å². The average molecular weight is 238 g/mol. The van der Waals surface area contributed by atoms with Gasteiger partial charge in [-0.15, -0.1) is 0 Å². The van der Waals surface area contributed by atoms with Crippen molar-refractivity contribution < 1.29 is 58.9 Å². The zero-order valence-corrected chi connectivity index (χ0v) is 10.9. The Balaban J connectivity index is -0.000000720. The molecule has 82 valence electrons. The Morgan fingerprint density at radius 2 is 2.00 bits per heavy atom. The minimum absolute atomic E-state index is 0. The van der Waals surface area contributed by atoms with Crippen molar-refractivity contribution in [3.8, 4) is 0 Å². The fourth-order valence-corrected chi connectivity index (χ4v) is 1.10. The van der Waals surface area contributed by atoms with Crippen LogP contribution in [0.15, 0.2) is 0 Å². The molecule has 0 fully saturated rings. The van der Waals surface area contributed by atoms with Crippen LogP contribution in [-0.4, -0.2) is 54.9 Å². The second-order valence-corrected chi connectivity index (χ2v) is 4.12. The first-order valence-corrected chi connectivity index (χ1v) is 5.38. The predicted octanol–water partition coefficient (Wildman–Crippen LogP) is -4.25. The molecule has 1 unspecified atom stereocenters. The number of ether oxygens (including phenoxy) is 1. The first kappa shape index (κ1) is 17.2. The smallest absolute Gasteiger partial charge is 1.00 e. The molecule has 3 N–H and O–H groups in total. The molecular weight excluding hydrogens is 223 g/mol. The summed E-state index contributed by atoms with van der Waals surface area (Å²) in [5.41, 5.74) is 0. The van der Waals surface area contributed by atoms with Crippen LogP contribution in [0.5, 0.6) is 0 Å². The predicted molar refractivity (Wildman–Crippen MR) is 46.1 cm³/mol. The molecule has 0 bridgehead atoms. The van der Waals surface area contributed by atoms with Gasteiger partial charge in [0.05, 0.1) is 19.0 Å². The van der Waals surface area contributed by atoms with Crippen LogP contribution in [0.4, 0.5) is 0 Å². The quantitative estimate of drug-likeness (QED) is 0.236. The Morgan fingerprint density at radius 3 is 2.43 bits per heavy atom. The van der Waals surface area contributed by atoms with Crippen LogP contribution in [-0.2, 0) is 14.9 Å². The van der Waals surface area contributed by atoms with Crippen LogP contribution in [0.2, 0.25) is 0 Å². The molecule has 0 aliphatic rings. The normalized spacial score (nSPS) is 13.4. The van der Waals surface area contributed by atoms with Gasteiger partial charge in [0.25, 0.3) is 10.1 Å². The molecule has 1 atom stereocenters. The van der Waals surface area contributed by atoms with Crippen LogP contribution in [0.3, 0.4) is 0 Å². The first-order chi connectivity index (χ1) is 5.95. The standard InChI is InChI=1S/C6H14O6S.Na.H/c7-4-6(8)5-12-2-1-3-13(9,10)11;;/h6-8H,1-5H2,(H,9,10,11);;/q;+1;-1. The van der Waals surface area contributed by atoms with Gasteiger partial charge in [-0.2, -0.15) is 8.42 Å². The Bertz CT molecular complexity index is 222. The van der Waals surface area contributed by atoms with E-state index in [0.29, 0.717) is 0 Å². The Labute approximate surface area is 107 Å². The number of rotatable bonds is 7. The molecule has 0 amide bonds. The third-order valence-electron chi connectivity index (χ3n) is 1.21. The Morgan fingerprint density at radius 1 is 1.43 bits per heavy atom. The van der Waals surface area contributed by atoms with Crippen molar-refractivity contribution >= 4 is 10.1 Å². The van der Waals surface area contributed by atoms with E-state index in [2.05, 4.69) is 0 Å². The molecule has 0 aromatic carbocycles. The van der Waals surface area contributed by atoms with Gasteiger partial charge in [0.1, 0.15) is 6.10 Å². The van der Waals surface area contributed by atoms with Crippen LogP contribution in [0.1, 0.15) is 7.85 Å². The molecule has 0 radical (unpaired) electrons. The fourth-order valence-electron chi connectivity index (χ4n) is 0.615. The van der Waals surface area contributed by atoms with Crippen molar-refractivity contribution in [3.05, 3.63) is 0 Å². The van der Waals surface area contributed by atoms with Gasteiger partial charge in [-0.25, -0.2) is 0 Å². The van der Waals surface area contributed by atoms with Gasteiger partial charge in [0.2, 0.25) is 0 Å². The van der Waals surface area contributed by atoms with E-state index in [9.17, 15) is 8.42 Å². The van der Waals surface area contributed by atoms with E-state index in [1.807, 2.05) is 0 Å². The van der Waals surface area contributed by atoms with Crippen LogP contribution >= 0.6 is 0 Å². The summed E-state index contributed by atoms with van der Waals surface area (Å²) in [6.45, 7) is -0.308. The van der Waals surface area contributed by atoms with E-state index >= 15 is 0 Å². The first-order valence-electron chi connectivity index (χ1n) is 3.77. The molecule has 0 aliphatic heterocycles. The maximum atomic E-state index is 10.2. The third kappa shape index (κ3) is 12.8. The zero-order valence-electron chi connectivity index (χ0n) is 9.09. The zero-order chi connectivity index (χ0) is 10.3. The maximum absolute atomic E-state index is 10.2. The van der Waals surface area contributed by atoms with Crippen molar-refractivity contribution in [3.63, 3.8) is 0 Å². The Hall–Kier alpha value is 0.790. The maximum Gasteiger partial charge on any atom is 1.00 e. The van der Waals surface area contributed by atoms with Crippen LogP contribution in [0.25, 0.3) is 0 Å². The summed E-state index contributed by atoms with van der Waals surface area (Å²) in [5, 5.41) is 17.1. The summed E-state index contributed by atoms with van der Waals surface area (Å²) < 4.78 is 33.5.